The lowest BCUT2D eigenvalue weighted by Gasteiger charge is -2.20. The van der Waals surface area contributed by atoms with Gasteiger partial charge in [-0.1, -0.05) is 18.2 Å². The van der Waals surface area contributed by atoms with E-state index >= 15 is 0 Å². The Balaban J connectivity index is 2.45. The maximum absolute atomic E-state index is 12.1. The van der Waals surface area contributed by atoms with Crippen molar-refractivity contribution in [1.29, 1.82) is 0 Å². The smallest absolute Gasteiger partial charge is 0.252 e. The summed E-state index contributed by atoms with van der Waals surface area (Å²) in [6, 6.07) is 9.41. The number of carbonyl (C=O) groups excluding carboxylic acids is 1. The number of benzene rings is 1. The number of para-hydroxylation sites is 1. The number of nitrogens with zero attached hydrogens (tertiary/aromatic N) is 1. The summed E-state index contributed by atoms with van der Waals surface area (Å²) >= 11 is 0. The van der Waals surface area contributed by atoms with Crippen molar-refractivity contribution in [2.75, 3.05) is 0 Å². The van der Waals surface area contributed by atoms with E-state index in [1.165, 1.54) is 0 Å². The van der Waals surface area contributed by atoms with Crippen molar-refractivity contribution in [3.8, 4) is 0 Å². The lowest BCUT2D eigenvalue weighted by Crippen LogP contribution is -2.40. The monoisotopic (exact) mass is 228 g/mol. The third-order valence-electron chi connectivity index (χ3n) is 2.38. The number of aromatic nitrogens is 1. The summed E-state index contributed by atoms with van der Waals surface area (Å²) in [5.41, 5.74) is 1.28. The Bertz CT molecular complexity index is 550. The van der Waals surface area contributed by atoms with Crippen molar-refractivity contribution >= 4 is 16.8 Å². The second kappa shape index (κ2) is 4.17. The maximum Gasteiger partial charge on any atom is 0.252 e. The van der Waals surface area contributed by atoms with Crippen molar-refractivity contribution in [3.63, 3.8) is 0 Å². The van der Waals surface area contributed by atoms with Crippen LogP contribution in [0.4, 0.5) is 0 Å². The van der Waals surface area contributed by atoms with Gasteiger partial charge in [0.25, 0.3) is 5.91 Å². The molecule has 0 aliphatic carbocycles. The van der Waals surface area contributed by atoms with Crippen LogP contribution in [0.5, 0.6) is 0 Å². The first-order chi connectivity index (χ1) is 7.97. The van der Waals surface area contributed by atoms with Crippen LogP contribution in [0, 0.1) is 0 Å². The maximum atomic E-state index is 12.1. The Kier molecular flexibility index (Phi) is 2.84. The number of pyridine rings is 1. The Morgan fingerprint density at radius 2 is 1.88 bits per heavy atom. The molecule has 88 valence electrons. The summed E-state index contributed by atoms with van der Waals surface area (Å²) < 4.78 is 0. The molecule has 0 radical (unpaired) electrons. The quantitative estimate of drug-likeness (QED) is 0.815. The number of hydrogen-bond donors (Lipinski definition) is 1. The molecule has 0 aliphatic rings. The van der Waals surface area contributed by atoms with E-state index in [4.69, 9.17) is 0 Å². The van der Waals surface area contributed by atoms with Crippen LogP contribution in [0.3, 0.4) is 0 Å². The number of carbonyl (C=O) groups is 1. The molecular weight excluding hydrogens is 212 g/mol. The highest BCUT2D eigenvalue weighted by molar-refractivity contribution is 6.06. The average Bonchev–Trinajstić information content (AvgIpc) is 2.26. The van der Waals surface area contributed by atoms with Crippen molar-refractivity contribution in [2.24, 2.45) is 0 Å². The van der Waals surface area contributed by atoms with E-state index in [1.54, 1.807) is 12.3 Å². The van der Waals surface area contributed by atoms with Gasteiger partial charge in [-0.15, -0.1) is 0 Å². The van der Waals surface area contributed by atoms with E-state index in [1.807, 2.05) is 45.0 Å². The molecule has 3 nitrogen and oxygen atoms in total. The van der Waals surface area contributed by atoms with E-state index in [0.29, 0.717) is 5.56 Å². The van der Waals surface area contributed by atoms with Gasteiger partial charge in [-0.3, -0.25) is 9.78 Å². The predicted octanol–water partition coefficient (Wildman–Crippen LogP) is 2.76. The van der Waals surface area contributed by atoms with Gasteiger partial charge < -0.3 is 5.32 Å². The molecule has 0 spiro atoms. The molecule has 0 fully saturated rings. The first-order valence-electron chi connectivity index (χ1n) is 5.64. The van der Waals surface area contributed by atoms with Gasteiger partial charge in [0.1, 0.15) is 0 Å². The second-order valence-electron chi connectivity index (χ2n) is 5.08. The van der Waals surface area contributed by atoms with Gasteiger partial charge in [-0.2, -0.15) is 0 Å². The molecule has 1 N–H and O–H groups in total. The standard InChI is InChI=1S/C14H16N2O/c1-14(2,3)16-13(17)11-8-9-15-12-7-5-4-6-10(11)12/h4-9H,1-3H3,(H,16,17). The molecule has 1 heterocycles. The lowest BCUT2D eigenvalue weighted by atomic mass is 10.1. The number of fused-ring (bicyclic) bond motifs is 1. The second-order valence-corrected chi connectivity index (χ2v) is 5.08. The van der Waals surface area contributed by atoms with Crippen LogP contribution < -0.4 is 5.32 Å². The van der Waals surface area contributed by atoms with Crippen LogP contribution in [-0.4, -0.2) is 16.4 Å². The summed E-state index contributed by atoms with van der Waals surface area (Å²) in [5, 5.41) is 3.85. The number of nitrogens with one attached hydrogen (secondary N) is 1. The zero-order valence-electron chi connectivity index (χ0n) is 10.3. The van der Waals surface area contributed by atoms with Crippen LogP contribution in [0.15, 0.2) is 36.5 Å². The third-order valence-corrected chi connectivity index (χ3v) is 2.38. The van der Waals surface area contributed by atoms with Crippen LogP contribution in [0.1, 0.15) is 31.1 Å². The Labute approximate surface area is 101 Å². The van der Waals surface area contributed by atoms with E-state index in [2.05, 4.69) is 10.3 Å². The molecule has 0 saturated carbocycles. The topological polar surface area (TPSA) is 42.0 Å². The molecular formula is C14H16N2O. The Morgan fingerprint density at radius 1 is 1.18 bits per heavy atom. The summed E-state index contributed by atoms with van der Waals surface area (Å²) in [6.45, 7) is 5.90. The SMILES string of the molecule is CC(C)(C)NC(=O)c1ccnc2ccccc12. The van der Waals surface area contributed by atoms with Crippen molar-refractivity contribution in [3.05, 3.63) is 42.1 Å². The molecule has 0 saturated heterocycles. The fourth-order valence-corrected chi connectivity index (χ4v) is 1.70. The first kappa shape index (κ1) is 11.6. The van der Waals surface area contributed by atoms with Gasteiger partial charge >= 0.3 is 0 Å². The van der Waals surface area contributed by atoms with Crippen LogP contribution in [-0.2, 0) is 0 Å². The van der Waals surface area contributed by atoms with E-state index in [9.17, 15) is 4.79 Å². The zero-order valence-corrected chi connectivity index (χ0v) is 10.3. The number of amides is 1. The summed E-state index contributed by atoms with van der Waals surface area (Å²) in [7, 11) is 0. The highest BCUT2D eigenvalue weighted by Gasteiger charge is 2.16. The van der Waals surface area contributed by atoms with Gasteiger partial charge in [0.2, 0.25) is 0 Å². The average molecular weight is 228 g/mol. The number of hydrogen-bond acceptors (Lipinski definition) is 2. The fourth-order valence-electron chi connectivity index (χ4n) is 1.70. The number of rotatable bonds is 1. The summed E-state index contributed by atoms with van der Waals surface area (Å²) in [5.74, 6) is -0.0592. The first-order valence-corrected chi connectivity index (χ1v) is 5.64. The van der Waals surface area contributed by atoms with Gasteiger partial charge in [0.05, 0.1) is 11.1 Å². The van der Waals surface area contributed by atoms with Crippen LogP contribution >= 0.6 is 0 Å². The van der Waals surface area contributed by atoms with Gasteiger partial charge in [-0.05, 0) is 32.9 Å². The van der Waals surface area contributed by atoms with E-state index in [0.717, 1.165) is 10.9 Å². The molecule has 2 aromatic rings. The summed E-state index contributed by atoms with van der Waals surface area (Å²) in [4.78, 5) is 16.4. The Hall–Kier alpha value is -1.90. The molecule has 0 bridgehead atoms. The fraction of sp³-hybridized carbons (Fsp3) is 0.286. The van der Waals surface area contributed by atoms with Gasteiger partial charge in [-0.25, -0.2) is 0 Å². The van der Waals surface area contributed by atoms with Crippen molar-refractivity contribution in [1.82, 2.24) is 10.3 Å². The molecule has 1 aromatic heterocycles. The molecule has 1 aromatic carbocycles. The molecule has 2 rings (SSSR count). The lowest BCUT2D eigenvalue weighted by molar-refractivity contribution is 0.0921. The third kappa shape index (κ3) is 2.61. The Morgan fingerprint density at radius 3 is 2.59 bits per heavy atom. The van der Waals surface area contributed by atoms with E-state index in [-0.39, 0.29) is 11.4 Å². The molecule has 3 heteroatoms. The minimum absolute atomic E-state index is 0.0592. The van der Waals surface area contributed by atoms with Gasteiger partial charge in [0, 0.05) is 17.1 Å². The highest BCUT2D eigenvalue weighted by atomic mass is 16.1. The molecule has 0 atom stereocenters. The minimum atomic E-state index is -0.235. The van der Waals surface area contributed by atoms with Crippen molar-refractivity contribution < 1.29 is 4.79 Å². The highest BCUT2D eigenvalue weighted by Crippen LogP contribution is 2.16. The molecule has 1 amide bonds. The molecule has 0 unspecified atom stereocenters. The van der Waals surface area contributed by atoms with Crippen LogP contribution in [0.25, 0.3) is 10.9 Å². The predicted molar refractivity (Wildman–Crippen MR) is 69.0 cm³/mol. The minimum Gasteiger partial charge on any atom is -0.347 e. The largest absolute Gasteiger partial charge is 0.347 e. The molecule has 0 aliphatic heterocycles. The van der Waals surface area contributed by atoms with Gasteiger partial charge in [0.15, 0.2) is 0 Å². The zero-order chi connectivity index (χ0) is 12.5. The van der Waals surface area contributed by atoms with Crippen LogP contribution in [0.2, 0.25) is 0 Å². The molecule has 17 heavy (non-hydrogen) atoms. The summed E-state index contributed by atoms with van der Waals surface area (Å²) in [6.07, 6.45) is 1.67. The van der Waals surface area contributed by atoms with E-state index < -0.39 is 0 Å². The van der Waals surface area contributed by atoms with Crippen molar-refractivity contribution in [2.45, 2.75) is 26.3 Å². The normalized spacial score (nSPS) is 11.5.